The minimum absolute atomic E-state index is 0.0612. The first-order valence-corrected chi connectivity index (χ1v) is 10.0. The molecule has 0 unspecified atom stereocenters. The van der Waals surface area contributed by atoms with Gasteiger partial charge in [0.2, 0.25) is 0 Å². The summed E-state index contributed by atoms with van der Waals surface area (Å²) in [5.74, 6) is -1.93. The predicted octanol–water partition coefficient (Wildman–Crippen LogP) is 2.72. The summed E-state index contributed by atoms with van der Waals surface area (Å²) < 4.78 is 10.8. The molecule has 3 aliphatic rings. The van der Waals surface area contributed by atoms with Gasteiger partial charge in [-0.3, -0.25) is 9.59 Å². The number of benzene rings is 1. The van der Waals surface area contributed by atoms with Gasteiger partial charge in [0.05, 0.1) is 25.2 Å². The second-order valence-electron chi connectivity index (χ2n) is 7.04. The number of aliphatic carboxylic acids is 1. The molecule has 8 nitrogen and oxygen atoms in total. The van der Waals surface area contributed by atoms with Gasteiger partial charge in [-0.2, -0.15) is 10.1 Å². The van der Waals surface area contributed by atoms with Gasteiger partial charge in [0, 0.05) is 10.0 Å². The third kappa shape index (κ3) is 3.22. The summed E-state index contributed by atoms with van der Waals surface area (Å²) in [6, 6.07) is 1.52. The molecule has 1 aliphatic heterocycles. The summed E-state index contributed by atoms with van der Waals surface area (Å²) in [6.07, 6.45) is 6.22. The number of halogens is 2. The van der Waals surface area contributed by atoms with Crippen LogP contribution in [0.4, 0.5) is 0 Å². The van der Waals surface area contributed by atoms with Crippen LogP contribution in [-0.2, 0) is 14.4 Å². The molecule has 1 saturated carbocycles. The molecule has 1 aromatic rings. The van der Waals surface area contributed by atoms with Gasteiger partial charge in [0.15, 0.2) is 18.1 Å². The minimum atomic E-state index is -1.16. The van der Waals surface area contributed by atoms with E-state index in [0.29, 0.717) is 10.0 Å². The number of hydrazone groups is 1. The lowest BCUT2D eigenvalue weighted by molar-refractivity contribution is -0.141. The van der Waals surface area contributed by atoms with Crippen molar-refractivity contribution in [3.05, 3.63) is 33.3 Å². The van der Waals surface area contributed by atoms with Gasteiger partial charge in [-0.1, -0.05) is 23.8 Å². The molecular weight excluding hydrogens is 468 g/mol. The van der Waals surface area contributed by atoms with E-state index in [-0.39, 0.29) is 52.0 Å². The molecular formula is C19H16BrClN2O6. The molecule has 1 N–H and O–H groups in total. The summed E-state index contributed by atoms with van der Waals surface area (Å²) in [7, 11) is 1.38. The summed E-state index contributed by atoms with van der Waals surface area (Å²) >= 11 is 9.60. The quantitative estimate of drug-likeness (QED) is 0.379. The fourth-order valence-corrected chi connectivity index (χ4v) is 4.89. The van der Waals surface area contributed by atoms with E-state index in [1.165, 1.54) is 19.4 Å². The largest absolute Gasteiger partial charge is 0.493 e. The molecule has 0 spiro atoms. The molecule has 1 heterocycles. The highest BCUT2D eigenvalue weighted by molar-refractivity contribution is 9.10. The van der Waals surface area contributed by atoms with Crippen molar-refractivity contribution in [2.45, 2.75) is 6.42 Å². The molecule has 2 amide bonds. The Hall–Kier alpha value is -2.39. The smallest absolute Gasteiger partial charge is 0.341 e. The van der Waals surface area contributed by atoms with Crippen LogP contribution >= 0.6 is 27.5 Å². The number of carboxylic acids is 1. The fourth-order valence-electron chi connectivity index (χ4n) is 4.24. The summed E-state index contributed by atoms with van der Waals surface area (Å²) in [6.45, 7) is -0.591. The number of imide groups is 1. The molecule has 0 radical (unpaired) electrons. The van der Waals surface area contributed by atoms with E-state index < -0.39 is 12.6 Å². The highest BCUT2D eigenvalue weighted by Gasteiger charge is 2.59. The van der Waals surface area contributed by atoms with Gasteiger partial charge in [0.25, 0.3) is 11.8 Å². The zero-order chi connectivity index (χ0) is 20.9. The standard InChI is InChI=1S/C19H16BrClN2O6/c1-28-11-5-10(15(20)16(21)17(11)29-7-12(24)25)6-22-23-18(26)13-8-2-3-9(4-8)14(13)19(23)27/h2-3,5-6,8-9,13-14H,4,7H2,1H3,(H,24,25)/t8-,9-,13-,14+/m0/s1. The Morgan fingerprint density at radius 2 is 1.97 bits per heavy atom. The lowest BCUT2D eigenvalue weighted by Gasteiger charge is -2.14. The van der Waals surface area contributed by atoms with E-state index in [0.717, 1.165) is 11.4 Å². The van der Waals surface area contributed by atoms with Crippen LogP contribution < -0.4 is 9.47 Å². The highest BCUT2D eigenvalue weighted by Crippen LogP contribution is 2.52. The molecule has 29 heavy (non-hydrogen) atoms. The number of nitrogens with zero attached hydrogens (tertiary/aromatic N) is 2. The molecule has 0 aromatic heterocycles. The number of carbonyl (C=O) groups is 3. The summed E-state index contributed by atoms with van der Waals surface area (Å²) in [5, 5.41) is 13.9. The first kappa shape index (κ1) is 19.9. The second kappa shape index (κ2) is 7.46. The molecule has 152 valence electrons. The Morgan fingerprint density at radius 3 is 2.52 bits per heavy atom. The maximum Gasteiger partial charge on any atom is 0.341 e. The van der Waals surface area contributed by atoms with E-state index in [9.17, 15) is 14.4 Å². The molecule has 1 saturated heterocycles. The molecule has 10 heteroatoms. The van der Waals surface area contributed by atoms with Crippen molar-refractivity contribution in [3.63, 3.8) is 0 Å². The van der Waals surface area contributed by atoms with E-state index in [1.54, 1.807) is 0 Å². The highest BCUT2D eigenvalue weighted by atomic mass is 79.9. The topological polar surface area (TPSA) is 106 Å². The van der Waals surface area contributed by atoms with Crippen LogP contribution in [0.15, 0.2) is 27.8 Å². The predicted molar refractivity (Wildman–Crippen MR) is 106 cm³/mol. The van der Waals surface area contributed by atoms with Crippen molar-refractivity contribution in [2.24, 2.45) is 28.8 Å². The zero-order valence-electron chi connectivity index (χ0n) is 15.2. The van der Waals surface area contributed by atoms with Gasteiger partial charge in [-0.25, -0.2) is 4.79 Å². The number of fused-ring (bicyclic) bond motifs is 5. The fraction of sp³-hybridized carbons (Fsp3) is 0.368. The Bertz CT molecular complexity index is 948. The summed E-state index contributed by atoms with van der Waals surface area (Å²) in [5.41, 5.74) is 0.438. The number of carbonyl (C=O) groups excluding carboxylic acids is 2. The van der Waals surface area contributed by atoms with Crippen LogP contribution in [0, 0.1) is 23.7 Å². The van der Waals surface area contributed by atoms with Crippen molar-refractivity contribution in [2.75, 3.05) is 13.7 Å². The first-order valence-electron chi connectivity index (χ1n) is 8.84. The molecule has 2 bridgehead atoms. The van der Waals surface area contributed by atoms with Crippen molar-refractivity contribution >= 4 is 51.5 Å². The lowest BCUT2D eigenvalue weighted by Crippen LogP contribution is -2.28. The van der Waals surface area contributed by atoms with E-state index in [2.05, 4.69) is 21.0 Å². The van der Waals surface area contributed by atoms with Crippen molar-refractivity contribution in [1.29, 1.82) is 0 Å². The number of allylic oxidation sites excluding steroid dienone is 2. The maximum absolute atomic E-state index is 12.7. The van der Waals surface area contributed by atoms with Crippen molar-refractivity contribution in [1.82, 2.24) is 5.01 Å². The van der Waals surface area contributed by atoms with E-state index in [1.807, 2.05) is 12.2 Å². The van der Waals surface area contributed by atoms with Crippen molar-refractivity contribution in [3.8, 4) is 11.5 Å². The van der Waals surface area contributed by atoms with E-state index in [4.69, 9.17) is 26.2 Å². The Balaban J connectivity index is 1.60. The zero-order valence-corrected chi connectivity index (χ0v) is 17.5. The first-order chi connectivity index (χ1) is 13.8. The number of hydrogen-bond acceptors (Lipinski definition) is 6. The van der Waals surface area contributed by atoms with E-state index >= 15 is 0 Å². The number of hydrogen-bond donors (Lipinski definition) is 1. The minimum Gasteiger partial charge on any atom is -0.493 e. The van der Waals surface area contributed by atoms with Gasteiger partial charge in [-0.05, 0) is 40.3 Å². The SMILES string of the molecule is COc1cc(C=NN2C(=O)[C@@H]3[C@H](C2=O)[C@H]2C=C[C@H]3C2)c(Br)c(Cl)c1OCC(=O)O. The van der Waals surface area contributed by atoms with Crippen molar-refractivity contribution < 1.29 is 29.0 Å². The monoisotopic (exact) mass is 482 g/mol. The van der Waals surface area contributed by atoms with Crippen LogP contribution in [0.5, 0.6) is 11.5 Å². The second-order valence-corrected chi connectivity index (χ2v) is 8.21. The number of rotatable bonds is 6. The number of carboxylic acid groups (broad SMARTS) is 1. The van der Waals surface area contributed by atoms with Crippen LogP contribution in [-0.4, -0.2) is 47.8 Å². The molecule has 4 rings (SSSR count). The Kier molecular flexibility index (Phi) is 5.12. The number of amides is 2. The number of methoxy groups -OCH3 is 1. The third-order valence-corrected chi connectivity index (χ3v) is 6.92. The van der Waals surface area contributed by atoms with Crippen LogP contribution in [0.2, 0.25) is 5.02 Å². The molecule has 2 aliphatic carbocycles. The van der Waals surface area contributed by atoms with Gasteiger partial charge < -0.3 is 14.6 Å². The Morgan fingerprint density at radius 1 is 1.34 bits per heavy atom. The lowest BCUT2D eigenvalue weighted by atomic mass is 9.85. The molecule has 4 atom stereocenters. The normalized spacial score (nSPS) is 27.2. The third-order valence-electron chi connectivity index (χ3n) is 5.48. The average Bonchev–Trinajstić information content (AvgIpc) is 3.36. The van der Waals surface area contributed by atoms with Crippen LogP contribution in [0.1, 0.15) is 12.0 Å². The Labute approximate surface area is 179 Å². The average molecular weight is 484 g/mol. The van der Waals surface area contributed by atoms with Gasteiger partial charge in [-0.15, -0.1) is 0 Å². The van der Waals surface area contributed by atoms with Gasteiger partial charge in [0.1, 0.15) is 5.02 Å². The number of ether oxygens (including phenoxy) is 2. The van der Waals surface area contributed by atoms with Crippen LogP contribution in [0.3, 0.4) is 0 Å². The molecule has 2 fully saturated rings. The maximum atomic E-state index is 12.7. The molecule has 1 aromatic carbocycles. The van der Waals surface area contributed by atoms with Gasteiger partial charge >= 0.3 is 5.97 Å². The summed E-state index contributed by atoms with van der Waals surface area (Å²) in [4.78, 5) is 36.2. The van der Waals surface area contributed by atoms with Crippen LogP contribution in [0.25, 0.3) is 0 Å².